The third kappa shape index (κ3) is 3.38. The van der Waals surface area contributed by atoms with Crippen molar-refractivity contribution in [1.29, 1.82) is 0 Å². The van der Waals surface area contributed by atoms with Gasteiger partial charge in [-0.15, -0.1) is 0 Å². The Kier molecular flexibility index (Phi) is 4.25. The van der Waals surface area contributed by atoms with E-state index < -0.39 is 0 Å². The van der Waals surface area contributed by atoms with E-state index in [-0.39, 0.29) is 11.1 Å². The fourth-order valence-electron chi connectivity index (χ4n) is 2.03. The smallest absolute Gasteiger partial charge is 0.286 e. The second-order valence-corrected chi connectivity index (χ2v) is 5.74. The number of carbonyl (C=O) groups excluding carboxylic acids is 1. The molecule has 4 nitrogen and oxygen atoms in total. The molecule has 0 spiro atoms. The minimum Gasteiger partial charge on any atom is -0.488 e. The van der Waals surface area contributed by atoms with Gasteiger partial charge in [-0.2, -0.15) is 4.99 Å². The van der Waals surface area contributed by atoms with E-state index >= 15 is 0 Å². The van der Waals surface area contributed by atoms with Gasteiger partial charge < -0.3 is 10.5 Å². The second kappa shape index (κ2) is 6.49. The van der Waals surface area contributed by atoms with Crippen molar-refractivity contribution in [2.45, 2.75) is 6.61 Å². The highest BCUT2D eigenvalue weighted by Gasteiger charge is 2.19. The molecular weight excluding hydrogens is 296 g/mol. The second-order valence-electron chi connectivity index (χ2n) is 4.68. The summed E-state index contributed by atoms with van der Waals surface area (Å²) < 4.78 is 5.86. The zero-order valence-electron chi connectivity index (χ0n) is 11.7. The fraction of sp³-hybridized carbons (Fsp3) is 0.0588. The summed E-state index contributed by atoms with van der Waals surface area (Å²) >= 11 is 1.18. The van der Waals surface area contributed by atoms with E-state index in [1.54, 1.807) is 6.08 Å². The molecule has 0 saturated carbocycles. The van der Waals surface area contributed by atoms with E-state index in [9.17, 15) is 4.79 Å². The fourth-order valence-corrected chi connectivity index (χ4v) is 2.71. The van der Waals surface area contributed by atoms with Crippen LogP contribution in [0.1, 0.15) is 11.1 Å². The number of para-hydroxylation sites is 1. The van der Waals surface area contributed by atoms with Crippen LogP contribution >= 0.6 is 11.8 Å². The van der Waals surface area contributed by atoms with Crippen LogP contribution in [0, 0.1) is 0 Å². The number of nitrogens with two attached hydrogens (primary N) is 1. The SMILES string of the molecule is NC1=NC(=O)/C(=C\c2ccccc2OCc2ccccc2)S1. The van der Waals surface area contributed by atoms with E-state index in [0.29, 0.717) is 11.5 Å². The minimum atomic E-state index is -0.305. The number of hydrogen-bond donors (Lipinski definition) is 1. The van der Waals surface area contributed by atoms with Crippen LogP contribution in [-0.4, -0.2) is 11.1 Å². The molecule has 0 fully saturated rings. The molecule has 22 heavy (non-hydrogen) atoms. The van der Waals surface area contributed by atoms with Gasteiger partial charge in [0.15, 0.2) is 5.17 Å². The summed E-state index contributed by atoms with van der Waals surface area (Å²) in [5.41, 5.74) is 7.48. The number of benzene rings is 2. The maximum absolute atomic E-state index is 11.7. The molecule has 0 radical (unpaired) electrons. The van der Waals surface area contributed by atoms with Crippen LogP contribution in [0.4, 0.5) is 0 Å². The Morgan fingerprint density at radius 3 is 2.55 bits per heavy atom. The first-order valence-electron chi connectivity index (χ1n) is 6.76. The number of amides is 1. The van der Waals surface area contributed by atoms with Gasteiger partial charge in [-0.1, -0.05) is 48.5 Å². The number of hydrogen-bond acceptors (Lipinski definition) is 4. The van der Waals surface area contributed by atoms with Crippen LogP contribution in [-0.2, 0) is 11.4 Å². The van der Waals surface area contributed by atoms with Crippen molar-refractivity contribution in [1.82, 2.24) is 0 Å². The average Bonchev–Trinajstić information content (AvgIpc) is 2.85. The predicted molar refractivity (Wildman–Crippen MR) is 89.4 cm³/mol. The van der Waals surface area contributed by atoms with Gasteiger partial charge in [-0.05, 0) is 29.5 Å². The maximum atomic E-state index is 11.7. The Morgan fingerprint density at radius 1 is 1.09 bits per heavy atom. The van der Waals surface area contributed by atoms with Crippen molar-refractivity contribution >= 4 is 28.9 Å². The highest BCUT2D eigenvalue weighted by molar-refractivity contribution is 8.18. The molecule has 0 bridgehead atoms. The van der Waals surface area contributed by atoms with Gasteiger partial charge >= 0.3 is 0 Å². The normalized spacial score (nSPS) is 15.9. The Bertz CT molecular complexity index is 754. The molecule has 5 heteroatoms. The van der Waals surface area contributed by atoms with Crippen molar-refractivity contribution < 1.29 is 9.53 Å². The molecule has 0 aromatic heterocycles. The molecule has 1 aliphatic heterocycles. The first kappa shape index (κ1) is 14.4. The molecular formula is C17H14N2O2S. The summed E-state index contributed by atoms with van der Waals surface area (Å²) in [6, 6.07) is 17.5. The largest absolute Gasteiger partial charge is 0.488 e. The monoisotopic (exact) mass is 310 g/mol. The molecule has 2 aromatic carbocycles. The average molecular weight is 310 g/mol. The summed E-state index contributed by atoms with van der Waals surface area (Å²) in [5.74, 6) is 0.415. The summed E-state index contributed by atoms with van der Waals surface area (Å²) in [7, 11) is 0. The zero-order chi connectivity index (χ0) is 15.4. The van der Waals surface area contributed by atoms with E-state index in [2.05, 4.69) is 4.99 Å². The number of nitrogens with zero attached hydrogens (tertiary/aromatic N) is 1. The first-order valence-corrected chi connectivity index (χ1v) is 7.58. The van der Waals surface area contributed by atoms with Crippen molar-refractivity contribution in [3.8, 4) is 5.75 Å². The van der Waals surface area contributed by atoms with Gasteiger partial charge in [-0.25, -0.2) is 0 Å². The quantitative estimate of drug-likeness (QED) is 0.881. The van der Waals surface area contributed by atoms with Gasteiger partial charge in [0.2, 0.25) is 0 Å². The van der Waals surface area contributed by atoms with Crippen LogP contribution in [0.5, 0.6) is 5.75 Å². The highest BCUT2D eigenvalue weighted by Crippen LogP contribution is 2.29. The number of rotatable bonds is 4. The topological polar surface area (TPSA) is 64.7 Å². The molecule has 3 rings (SSSR count). The molecule has 0 unspecified atom stereocenters. The molecule has 2 N–H and O–H groups in total. The van der Waals surface area contributed by atoms with Gasteiger partial charge in [0, 0.05) is 5.56 Å². The summed E-state index contributed by atoms with van der Waals surface area (Å²) in [5, 5.41) is 0.277. The van der Waals surface area contributed by atoms with Gasteiger partial charge in [0.1, 0.15) is 12.4 Å². The lowest BCUT2D eigenvalue weighted by molar-refractivity contribution is -0.113. The highest BCUT2D eigenvalue weighted by atomic mass is 32.2. The molecule has 0 saturated heterocycles. The Labute approximate surface area is 132 Å². The molecule has 1 amide bonds. The standard InChI is InChI=1S/C17H14N2O2S/c18-17-19-16(20)15(22-17)10-13-8-4-5-9-14(13)21-11-12-6-2-1-3-7-12/h1-10H,11H2,(H2,18,19,20)/b15-10+. The third-order valence-electron chi connectivity index (χ3n) is 3.08. The van der Waals surface area contributed by atoms with E-state index in [1.807, 2.05) is 54.6 Å². The van der Waals surface area contributed by atoms with Crippen LogP contribution in [0.25, 0.3) is 6.08 Å². The number of amidine groups is 1. The number of ether oxygens (including phenoxy) is 1. The van der Waals surface area contributed by atoms with Crippen molar-refractivity contribution in [2.75, 3.05) is 0 Å². The van der Waals surface area contributed by atoms with Crippen LogP contribution in [0.15, 0.2) is 64.5 Å². The number of carbonyl (C=O) groups is 1. The lowest BCUT2D eigenvalue weighted by Crippen LogP contribution is -2.01. The molecule has 1 aliphatic rings. The van der Waals surface area contributed by atoms with Gasteiger partial charge in [0.25, 0.3) is 5.91 Å². The number of thioether (sulfide) groups is 1. The minimum absolute atomic E-state index is 0.277. The zero-order valence-corrected chi connectivity index (χ0v) is 12.5. The molecule has 110 valence electrons. The van der Waals surface area contributed by atoms with Crippen molar-refractivity contribution in [2.24, 2.45) is 10.7 Å². The van der Waals surface area contributed by atoms with Crippen molar-refractivity contribution in [3.63, 3.8) is 0 Å². The van der Waals surface area contributed by atoms with E-state index in [1.165, 1.54) is 11.8 Å². The summed E-state index contributed by atoms with van der Waals surface area (Å²) in [6.07, 6.45) is 1.76. The maximum Gasteiger partial charge on any atom is 0.286 e. The van der Waals surface area contributed by atoms with Crippen LogP contribution < -0.4 is 10.5 Å². The third-order valence-corrected chi connectivity index (χ3v) is 3.89. The van der Waals surface area contributed by atoms with Gasteiger partial charge in [-0.3, -0.25) is 4.79 Å². The lowest BCUT2D eigenvalue weighted by Gasteiger charge is -2.09. The number of aliphatic imine (C=N–C) groups is 1. The first-order chi connectivity index (χ1) is 10.7. The lowest BCUT2D eigenvalue weighted by atomic mass is 10.2. The molecule has 0 aliphatic carbocycles. The van der Waals surface area contributed by atoms with E-state index in [4.69, 9.17) is 10.5 Å². The molecule has 0 atom stereocenters. The van der Waals surface area contributed by atoms with Crippen LogP contribution in [0.2, 0.25) is 0 Å². The van der Waals surface area contributed by atoms with Gasteiger partial charge in [0.05, 0.1) is 4.91 Å². The Balaban J connectivity index is 1.79. The van der Waals surface area contributed by atoms with Crippen LogP contribution in [0.3, 0.4) is 0 Å². The predicted octanol–water partition coefficient (Wildman–Crippen LogP) is 3.19. The summed E-state index contributed by atoms with van der Waals surface area (Å²) in [6.45, 7) is 0.473. The van der Waals surface area contributed by atoms with Crippen molar-refractivity contribution in [3.05, 3.63) is 70.6 Å². The summed E-state index contributed by atoms with van der Waals surface area (Å²) in [4.78, 5) is 15.9. The Morgan fingerprint density at radius 2 is 1.82 bits per heavy atom. The Hall–Kier alpha value is -2.53. The molecule has 1 heterocycles. The van der Waals surface area contributed by atoms with E-state index in [0.717, 1.165) is 16.9 Å². The molecule has 2 aromatic rings.